The smallest absolute Gasteiger partial charge is 0.306 e. The van der Waals surface area contributed by atoms with Crippen molar-refractivity contribution in [1.82, 2.24) is 0 Å². The van der Waals surface area contributed by atoms with Crippen LogP contribution in [0.3, 0.4) is 0 Å². The third-order valence-electron chi connectivity index (χ3n) is 13.6. The zero-order chi connectivity index (χ0) is 54.2. The first-order valence-corrected chi connectivity index (χ1v) is 32.5. The van der Waals surface area contributed by atoms with Gasteiger partial charge in [-0.15, -0.1) is 0 Å². The van der Waals surface area contributed by atoms with E-state index in [9.17, 15) is 19.0 Å². The minimum atomic E-state index is -4.64. The van der Waals surface area contributed by atoms with Crippen LogP contribution in [0.1, 0.15) is 284 Å². The molecule has 74 heavy (non-hydrogen) atoms. The molecule has 0 saturated carbocycles. The number of phosphoric ester groups is 1. The minimum Gasteiger partial charge on any atom is -0.756 e. The average Bonchev–Trinajstić information content (AvgIpc) is 3.36. The maximum atomic E-state index is 12.8. The van der Waals surface area contributed by atoms with E-state index in [4.69, 9.17) is 18.5 Å². The van der Waals surface area contributed by atoms with Crippen molar-refractivity contribution in [3.8, 4) is 0 Å². The van der Waals surface area contributed by atoms with Crippen molar-refractivity contribution in [2.24, 2.45) is 0 Å². The van der Waals surface area contributed by atoms with E-state index in [-0.39, 0.29) is 32.0 Å². The standard InChI is InChI=1S/C64H118NO8P/c1-6-8-10-12-14-16-18-20-22-24-26-28-30-32-34-36-38-40-42-44-46-48-50-52-54-56-63(66)70-60-62(61-72-74(68,69)71-59-58-65(3,4)5)73-64(67)57-55-53-51-49-47-45-43-41-39-37-35-33-31-29-27-25-23-21-19-17-15-13-11-9-7-2/h9,11,15,17,21,23,27,29,33,35,62H,6-8,10,12-14,16,18-20,22,24-26,28,30-32,34,36-61H2,1-5H3/b11-9-,17-15-,23-21-,29-27-,35-33-. The van der Waals surface area contributed by atoms with Gasteiger partial charge in [0.1, 0.15) is 19.8 Å². The number of esters is 2. The molecule has 2 unspecified atom stereocenters. The lowest BCUT2D eigenvalue weighted by Crippen LogP contribution is -2.37. The number of unbranched alkanes of at least 4 members (excludes halogenated alkanes) is 33. The van der Waals surface area contributed by atoms with Crippen molar-refractivity contribution >= 4 is 19.8 Å². The molecule has 0 radical (unpaired) electrons. The van der Waals surface area contributed by atoms with E-state index >= 15 is 0 Å². The molecule has 0 heterocycles. The molecule has 0 aromatic carbocycles. The van der Waals surface area contributed by atoms with Crippen LogP contribution in [-0.2, 0) is 32.7 Å². The molecule has 0 N–H and O–H groups in total. The molecule has 0 amide bonds. The molecule has 0 spiro atoms. The summed E-state index contributed by atoms with van der Waals surface area (Å²) in [5, 5.41) is 0. The molecule has 0 aliphatic carbocycles. The Kier molecular flexibility index (Phi) is 53.7. The first kappa shape index (κ1) is 71.7. The van der Waals surface area contributed by atoms with Gasteiger partial charge in [0.15, 0.2) is 6.10 Å². The van der Waals surface area contributed by atoms with Crippen LogP contribution >= 0.6 is 7.82 Å². The quantitative estimate of drug-likeness (QED) is 0.0195. The van der Waals surface area contributed by atoms with Gasteiger partial charge in [-0.2, -0.15) is 0 Å². The van der Waals surface area contributed by atoms with Crippen molar-refractivity contribution < 1.29 is 42.1 Å². The summed E-state index contributed by atoms with van der Waals surface area (Å²) in [6.07, 6.45) is 71.3. The Bertz CT molecular complexity index is 1430. The zero-order valence-electron chi connectivity index (χ0n) is 49.0. The summed E-state index contributed by atoms with van der Waals surface area (Å²) in [7, 11) is 1.17. The SMILES string of the molecule is CC/C=C\C/C=C\C/C=C\C/C=C\C/C=C\CCCCCCCCCCCC(=O)OC(COC(=O)CCCCCCCCCCCCCCCCCCCCCCCCCCC)COP(=O)([O-])OCC[N+](C)(C)C. The highest BCUT2D eigenvalue weighted by molar-refractivity contribution is 7.45. The molecular weight excluding hydrogens is 942 g/mol. The number of carbonyl (C=O) groups excluding carboxylic acids is 2. The minimum absolute atomic E-state index is 0.0326. The topological polar surface area (TPSA) is 111 Å². The molecule has 0 saturated heterocycles. The number of quaternary nitrogens is 1. The largest absolute Gasteiger partial charge is 0.756 e. The summed E-state index contributed by atoms with van der Waals surface area (Å²) < 4.78 is 34.2. The van der Waals surface area contributed by atoms with Crippen molar-refractivity contribution in [3.05, 3.63) is 60.8 Å². The second-order valence-electron chi connectivity index (χ2n) is 22.0. The number of ether oxygens (including phenoxy) is 2. The summed E-state index contributed by atoms with van der Waals surface area (Å²) >= 11 is 0. The highest BCUT2D eigenvalue weighted by atomic mass is 31.2. The van der Waals surface area contributed by atoms with Gasteiger partial charge in [0.05, 0.1) is 27.7 Å². The second kappa shape index (κ2) is 55.5. The van der Waals surface area contributed by atoms with Crippen LogP contribution in [-0.4, -0.2) is 70.0 Å². The maximum Gasteiger partial charge on any atom is 0.306 e. The van der Waals surface area contributed by atoms with Crippen LogP contribution in [0.2, 0.25) is 0 Å². The highest BCUT2D eigenvalue weighted by Crippen LogP contribution is 2.38. The summed E-state index contributed by atoms with van der Waals surface area (Å²) in [5.41, 5.74) is 0. The monoisotopic (exact) mass is 1060 g/mol. The molecule has 0 aromatic rings. The molecule has 0 bridgehead atoms. The lowest BCUT2D eigenvalue weighted by molar-refractivity contribution is -0.870. The average molecular weight is 1060 g/mol. The Balaban J connectivity index is 4.12. The third-order valence-corrected chi connectivity index (χ3v) is 14.5. The van der Waals surface area contributed by atoms with Crippen molar-refractivity contribution in [1.29, 1.82) is 0 Å². The number of hydrogen-bond donors (Lipinski definition) is 0. The summed E-state index contributed by atoms with van der Waals surface area (Å²) in [6.45, 7) is 4.16. The molecular formula is C64H118NO8P. The van der Waals surface area contributed by atoms with E-state index in [2.05, 4.69) is 74.6 Å². The molecule has 0 aliphatic rings. The number of phosphoric acid groups is 1. The number of rotatable bonds is 57. The molecule has 0 rings (SSSR count). The van der Waals surface area contributed by atoms with Gasteiger partial charge in [0.2, 0.25) is 0 Å². The van der Waals surface area contributed by atoms with Crippen molar-refractivity contribution in [3.63, 3.8) is 0 Å². The van der Waals surface area contributed by atoms with Crippen LogP contribution < -0.4 is 4.89 Å². The lowest BCUT2D eigenvalue weighted by Gasteiger charge is -2.28. The Hall–Kier alpha value is -2.29. The molecule has 0 aliphatic heterocycles. The Morgan fingerprint density at radius 3 is 1.15 bits per heavy atom. The lowest BCUT2D eigenvalue weighted by atomic mass is 10.0. The third kappa shape index (κ3) is 59.0. The van der Waals surface area contributed by atoms with E-state index in [1.807, 2.05) is 21.1 Å². The van der Waals surface area contributed by atoms with E-state index in [0.29, 0.717) is 17.4 Å². The van der Waals surface area contributed by atoms with Crippen molar-refractivity contribution in [2.45, 2.75) is 290 Å². The number of carbonyl (C=O) groups is 2. The molecule has 0 fully saturated rings. The fourth-order valence-electron chi connectivity index (χ4n) is 8.80. The van der Waals surface area contributed by atoms with E-state index in [1.54, 1.807) is 0 Å². The first-order valence-electron chi connectivity index (χ1n) is 31.0. The fourth-order valence-corrected chi connectivity index (χ4v) is 9.53. The molecule has 10 heteroatoms. The summed E-state index contributed by atoms with van der Waals surface area (Å²) in [4.78, 5) is 37.9. The molecule has 0 aromatic heterocycles. The molecule has 432 valence electrons. The van der Waals surface area contributed by atoms with Gasteiger partial charge >= 0.3 is 11.9 Å². The number of nitrogens with zero attached hydrogens (tertiary/aromatic N) is 1. The Morgan fingerprint density at radius 1 is 0.432 bits per heavy atom. The first-order chi connectivity index (χ1) is 36.0. The summed E-state index contributed by atoms with van der Waals surface area (Å²) in [6, 6.07) is 0. The van der Waals surface area contributed by atoms with E-state index in [0.717, 1.165) is 77.0 Å². The second-order valence-corrected chi connectivity index (χ2v) is 23.5. The highest BCUT2D eigenvalue weighted by Gasteiger charge is 2.22. The Labute approximate surface area is 457 Å². The molecule has 2 atom stereocenters. The predicted molar refractivity (Wildman–Crippen MR) is 314 cm³/mol. The predicted octanol–water partition coefficient (Wildman–Crippen LogP) is 18.9. The van der Waals surface area contributed by atoms with Gasteiger partial charge < -0.3 is 27.9 Å². The van der Waals surface area contributed by atoms with Gasteiger partial charge in [-0.05, 0) is 57.8 Å². The maximum absolute atomic E-state index is 12.8. The van der Waals surface area contributed by atoms with Crippen LogP contribution in [0, 0.1) is 0 Å². The van der Waals surface area contributed by atoms with E-state index in [1.165, 1.54) is 173 Å². The summed E-state index contributed by atoms with van der Waals surface area (Å²) in [5.74, 6) is -0.830. The fraction of sp³-hybridized carbons (Fsp3) is 0.812. The number of hydrogen-bond acceptors (Lipinski definition) is 8. The zero-order valence-corrected chi connectivity index (χ0v) is 49.9. The number of allylic oxidation sites excluding steroid dienone is 10. The van der Waals surface area contributed by atoms with Crippen LogP contribution in [0.25, 0.3) is 0 Å². The molecule has 9 nitrogen and oxygen atoms in total. The van der Waals surface area contributed by atoms with Gasteiger partial charge in [-0.1, -0.05) is 274 Å². The number of likely N-dealkylation sites (N-methyl/N-ethyl adjacent to an activating group) is 1. The van der Waals surface area contributed by atoms with Gasteiger partial charge in [-0.25, -0.2) is 0 Å². The van der Waals surface area contributed by atoms with Gasteiger partial charge in [0, 0.05) is 12.8 Å². The van der Waals surface area contributed by atoms with Crippen LogP contribution in [0.4, 0.5) is 0 Å². The van der Waals surface area contributed by atoms with Gasteiger partial charge in [0.25, 0.3) is 7.82 Å². The Morgan fingerprint density at radius 2 is 0.770 bits per heavy atom. The van der Waals surface area contributed by atoms with E-state index < -0.39 is 26.5 Å². The van der Waals surface area contributed by atoms with Gasteiger partial charge in [-0.3, -0.25) is 14.2 Å². The van der Waals surface area contributed by atoms with Crippen LogP contribution in [0.5, 0.6) is 0 Å². The van der Waals surface area contributed by atoms with Crippen molar-refractivity contribution in [2.75, 3.05) is 47.5 Å². The van der Waals surface area contributed by atoms with Crippen LogP contribution in [0.15, 0.2) is 60.8 Å². The normalized spacial score (nSPS) is 13.6.